The molecule has 40 heavy (non-hydrogen) atoms. The molecule has 0 aromatic heterocycles. The minimum Gasteiger partial charge on any atom is -0.0696 e. The molecule has 0 saturated carbocycles. The van der Waals surface area contributed by atoms with Gasteiger partial charge in [-0.1, -0.05) is 146 Å². The first kappa shape index (κ1) is 33.3. The SMILES string of the molecule is CC1=C(/C=C/C(C)=C\C=C/C(C)=C\C=C\C=C(C)\C=C\C=C(C)\C=C\C2=C(C)CCCC2(C)C)C(C)(C)CCC1. The van der Waals surface area contributed by atoms with Gasteiger partial charge < -0.3 is 0 Å². The summed E-state index contributed by atoms with van der Waals surface area (Å²) in [5.41, 5.74) is 11.7. The van der Waals surface area contributed by atoms with Crippen LogP contribution < -0.4 is 0 Å². The van der Waals surface area contributed by atoms with Gasteiger partial charge in [-0.3, -0.25) is 0 Å². The largest absolute Gasteiger partial charge is 0.0696 e. The van der Waals surface area contributed by atoms with Crippen LogP contribution in [0, 0.1) is 10.8 Å². The summed E-state index contributed by atoms with van der Waals surface area (Å²) in [6, 6.07) is 0. The van der Waals surface area contributed by atoms with Crippen LogP contribution in [-0.2, 0) is 0 Å². The smallest absolute Gasteiger partial charge is 0.0104 e. The molecule has 0 aliphatic heterocycles. The molecule has 0 spiro atoms. The molecule has 0 nitrogen and oxygen atoms in total. The topological polar surface area (TPSA) is 0 Å². The molecule has 0 N–H and O–H groups in total. The van der Waals surface area contributed by atoms with Crippen LogP contribution in [0.25, 0.3) is 0 Å². The summed E-state index contributed by atoms with van der Waals surface area (Å²) in [7, 11) is 0. The Labute approximate surface area is 247 Å². The van der Waals surface area contributed by atoms with Gasteiger partial charge in [-0.15, -0.1) is 0 Å². The fourth-order valence-corrected chi connectivity index (χ4v) is 5.79. The Kier molecular flexibility index (Phi) is 13.2. The highest BCUT2D eigenvalue weighted by molar-refractivity contribution is 5.39. The van der Waals surface area contributed by atoms with Crippen molar-refractivity contribution in [2.75, 3.05) is 0 Å². The lowest BCUT2D eigenvalue weighted by molar-refractivity contribution is 0.376. The van der Waals surface area contributed by atoms with Crippen molar-refractivity contribution in [1.82, 2.24) is 0 Å². The van der Waals surface area contributed by atoms with E-state index >= 15 is 0 Å². The first-order valence-corrected chi connectivity index (χ1v) is 15.3. The third-order valence-electron chi connectivity index (χ3n) is 8.38. The van der Waals surface area contributed by atoms with E-state index in [4.69, 9.17) is 0 Å². The summed E-state index contributed by atoms with van der Waals surface area (Å²) in [6.07, 6.45) is 38.4. The molecule has 0 saturated heterocycles. The lowest BCUT2D eigenvalue weighted by atomic mass is 9.72. The van der Waals surface area contributed by atoms with Gasteiger partial charge in [0, 0.05) is 0 Å². The average molecular weight is 537 g/mol. The van der Waals surface area contributed by atoms with E-state index in [1.165, 1.54) is 72.0 Å². The second-order valence-electron chi connectivity index (χ2n) is 13.3. The Morgan fingerprint density at radius 3 is 1.18 bits per heavy atom. The van der Waals surface area contributed by atoms with E-state index in [0.717, 1.165) is 0 Å². The summed E-state index contributed by atoms with van der Waals surface area (Å²) in [5, 5.41) is 0. The van der Waals surface area contributed by atoms with Crippen molar-refractivity contribution in [2.24, 2.45) is 10.8 Å². The van der Waals surface area contributed by atoms with E-state index in [2.05, 4.69) is 154 Å². The fourth-order valence-electron chi connectivity index (χ4n) is 5.79. The molecule has 216 valence electrons. The van der Waals surface area contributed by atoms with Crippen LogP contribution >= 0.6 is 0 Å². The zero-order valence-electron chi connectivity index (χ0n) is 27.3. The van der Waals surface area contributed by atoms with Crippen LogP contribution in [0.1, 0.15) is 108 Å². The van der Waals surface area contributed by atoms with Crippen molar-refractivity contribution < 1.29 is 0 Å². The first-order chi connectivity index (χ1) is 18.8. The molecule has 2 aliphatic rings. The predicted octanol–water partition coefficient (Wildman–Crippen LogP) is 12.6. The highest BCUT2D eigenvalue weighted by Gasteiger charge is 2.27. The Morgan fingerprint density at radius 2 is 0.825 bits per heavy atom. The minimum atomic E-state index is 0.291. The first-order valence-electron chi connectivity index (χ1n) is 15.3. The van der Waals surface area contributed by atoms with Crippen LogP contribution in [0.5, 0.6) is 0 Å². The zero-order chi connectivity index (χ0) is 29.8. The highest BCUT2D eigenvalue weighted by atomic mass is 14.3. The maximum absolute atomic E-state index is 2.37. The van der Waals surface area contributed by atoms with Gasteiger partial charge in [0.2, 0.25) is 0 Å². The fraction of sp³-hybridized carbons (Fsp3) is 0.450. The summed E-state index contributed by atoms with van der Waals surface area (Å²) in [5.74, 6) is 0. The van der Waals surface area contributed by atoms with Gasteiger partial charge in [0.15, 0.2) is 0 Å². The molecule has 0 heterocycles. The maximum atomic E-state index is 2.37. The minimum absolute atomic E-state index is 0.291. The summed E-state index contributed by atoms with van der Waals surface area (Å²) in [6.45, 7) is 22.7. The zero-order valence-corrected chi connectivity index (χ0v) is 27.3. The van der Waals surface area contributed by atoms with Gasteiger partial charge >= 0.3 is 0 Å². The number of allylic oxidation sites excluding steroid dienone is 22. The van der Waals surface area contributed by atoms with Crippen LogP contribution in [0.4, 0.5) is 0 Å². The summed E-state index contributed by atoms with van der Waals surface area (Å²) < 4.78 is 0. The molecule has 0 radical (unpaired) electrons. The molecule has 0 fully saturated rings. The molecule has 0 aromatic rings. The normalized spacial score (nSPS) is 21.9. The van der Waals surface area contributed by atoms with Crippen LogP contribution in [0.15, 0.2) is 130 Å². The van der Waals surface area contributed by atoms with Crippen molar-refractivity contribution in [1.29, 1.82) is 0 Å². The molecular formula is C40H56. The summed E-state index contributed by atoms with van der Waals surface area (Å²) >= 11 is 0. The number of rotatable bonds is 10. The quantitative estimate of drug-likeness (QED) is 0.244. The molecule has 0 bridgehead atoms. The van der Waals surface area contributed by atoms with Crippen molar-refractivity contribution >= 4 is 0 Å². The van der Waals surface area contributed by atoms with Crippen molar-refractivity contribution in [3.63, 3.8) is 0 Å². The van der Waals surface area contributed by atoms with Crippen molar-refractivity contribution in [3.8, 4) is 0 Å². The van der Waals surface area contributed by atoms with Crippen LogP contribution in [-0.4, -0.2) is 0 Å². The Hall–Kier alpha value is -2.86. The molecule has 2 rings (SSSR count). The van der Waals surface area contributed by atoms with E-state index in [1.807, 2.05) is 0 Å². The molecule has 2 aliphatic carbocycles. The number of hydrogen-bond donors (Lipinski definition) is 0. The van der Waals surface area contributed by atoms with Gasteiger partial charge in [-0.2, -0.15) is 0 Å². The van der Waals surface area contributed by atoms with Gasteiger partial charge in [0.25, 0.3) is 0 Å². The average Bonchev–Trinajstić information content (AvgIpc) is 2.85. The maximum Gasteiger partial charge on any atom is -0.0104 e. The van der Waals surface area contributed by atoms with Gasteiger partial charge in [0.05, 0.1) is 0 Å². The second kappa shape index (κ2) is 15.8. The van der Waals surface area contributed by atoms with Gasteiger partial charge in [0.1, 0.15) is 0 Å². The van der Waals surface area contributed by atoms with E-state index in [9.17, 15) is 0 Å². The molecule has 0 unspecified atom stereocenters. The van der Waals surface area contributed by atoms with E-state index in [-0.39, 0.29) is 0 Å². The number of hydrogen-bond acceptors (Lipinski definition) is 0. The third-order valence-corrected chi connectivity index (χ3v) is 8.38. The predicted molar refractivity (Wildman–Crippen MR) is 181 cm³/mol. The summed E-state index contributed by atoms with van der Waals surface area (Å²) in [4.78, 5) is 0. The van der Waals surface area contributed by atoms with Crippen LogP contribution in [0.2, 0.25) is 0 Å². The van der Waals surface area contributed by atoms with Crippen molar-refractivity contribution in [2.45, 2.75) is 108 Å². The Balaban J connectivity index is 1.89. The van der Waals surface area contributed by atoms with Gasteiger partial charge in [-0.05, 0) is 102 Å². The molecule has 0 aromatic carbocycles. The second-order valence-corrected chi connectivity index (χ2v) is 13.3. The standard InChI is InChI=1S/C40H56/c1-31(19-13-21-33(3)25-27-37-35(5)23-15-29-39(37,7)8)17-11-12-18-32(2)20-14-22-34(4)26-28-38-36(6)24-16-30-40(38,9)10/h11-14,17-22,25-28H,15-16,23-24,29-30H2,1-10H3/b12-11+,19-13-,20-14+,27-25+,28-26+,31-17-,32-18+,33-21-,34-22+. The Bertz CT molecular complexity index is 1120. The third kappa shape index (κ3) is 11.3. The highest BCUT2D eigenvalue weighted by Crippen LogP contribution is 2.41. The van der Waals surface area contributed by atoms with E-state index in [1.54, 1.807) is 11.1 Å². The van der Waals surface area contributed by atoms with Gasteiger partial charge in [-0.25, -0.2) is 0 Å². The molecular weight excluding hydrogens is 480 g/mol. The molecule has 0 atom stereocenters. The molecule has 0 heteroatoms. The Morgan fingerprint density at radius 1 is 0.500 bits per heavy atom. The lowest BCUT2D eigenvalue weighted by Gasteiger charge is -2.33. The van der Waals surface area contributed by atoms with E-state index < -0.39 is 0 Å². The monoisotopic (exact) mass is 536 g/mol. The molecule has 0 amide bonds. The lowest BCUT2D eigenvalue weighted by Crippen LogP contribution is -2.19. The van der Waals surface area contributed by atoms with Crippen LogP contribution in [0.3, 0.4) is 0 Å². The van der Waals surface area contributed by atoms with E-state index in [0.29, 0.717) is 10.8 Å². The van der Waals surface area contributed by atoms with Crippen molar-refractivity contribution in [3.05, 3.63) is 130 Å².